The van der Waals surface area contributed by atoms with Gasteiger partial charge in [0.2, 0.25) is 0 Å². The van der Waals surface area contributed by atoms with E-state index < -0.39 is 0 Å². The second kappa shape index (κ2) is 6.97. The Balaban J connectivity index is 1.79. The van der Waals surface area contributed by atoms with Gasteiger partial charge in [-0.15, -0.1) is 0 Å². The minimum Gasteiger partial charge on any atom is -0.491 e. The number of anilines is 1. The summed E-state index contributed by atoms with van der Waals surface area (Å²) in [6.45, 7) is 4.01. The van der Waals surface area contributed by atoms with Gasteiger partial charge in [0, 0.05) is 31.4 Å². The van der Waals surface area contributed by atoms with Crippen molar-refractivity contribution in [2.45, 2.75) is 26.4 Å². The number of aromatic nitrogens is 3. The Morgan fingerprint density at radius 2 is 2.17 bits per heavy atom. The molecule has 0 atom stereocenters. The number of thiocarbonyl (C=S) groups is 1. The molecule has 3 rings (SSSR count). The normalized spacial score (nSPS) is 11.0. The average molecular weight is 340 g/mol. The number of fused-ring (bicyclic) bond motifs is 1. The number of para-hydroxylation sites is 1. The molecule has 24 heavy (non-hydrogen) atoms. The molecule has 0 saturated heterocycles. The zero-order valence-electron chi connectivity index (χ0n) is 14.0. The maximum Gasteiger partial charge on any atom is 0.126 e. The molecule has 0 saturated carbocycles. The molecule has 0 bridgehead atoms. The summed E-state index contributed by atoms with van der Waals surface area (Å²) < 4.78 is 7.81. The van der Waals surface area contributed by atoms with Crippen molar-refractivity contribution in [2.24, 2.45) is 7.05 Å². The molecule has 5 nitrogen and oxygen atoms in total. The zero-order valence-corrected chi connectivity index (χ0v) is 14.8. The number of hydrogen-bond acceptors (Lipinski definition) is 4. The Morgan fingerprint density at radius 3 is 2.96 bits per heavy atom. The SMILES string of the molecule is CC(C)Oc1ccncc1CC(=S)Nc1cccc2c1ncn2C. The van der Waals surface area contributed by atoms with Gasteiger partial charge in [-0.2, -0.15) is 0 Å². The molecule has 0 radical (unpaired) electrons. The first kappa shape index (κ1) is 16.4. The lowest BCUT2D eigenvalue weighted by Crippen LogP contribution is -2.15. The van der Waals surface area contributed by atoms with E-state index in [-0.39, 0.29) is 6.10 Å². The molecule has 1 N–H and O–H groups in total. The Hall–Kier alpha value is -2.47. The average Bonchev–Trinajstić information content (AvgIpc) is 2.91. The lowest BCUT2D eigenvalue weighted by atomic mass is 10.2. The van der Waals surface area contributed by atoms with Crippen LogP contribution < -0.4 is 10.1 Å². The van der Waals surface area contributed by atoms with E-state index in [2.05, 4.69) is 15.3 Å². The maximum absolute atomic E-state index is 5.83. The van der Waals surface area contributed by atoms with Gasteiger partial charge in [-0.05, 0) is 32.0 Å². The first-order valence-corrected chi connectivity index (χ1v) is 8.25. The van der Waals surface area contributed by atoms with Crippen molar-refractivity contribution in [3.05, 3.63) is 48.5 Å². The monoisotopic (exact) mass is 340 g/mol. The lowest BCUT2D eigenvalue weighted by Gasteiger charge is -2.15. The molecule has 1 aromatic carbocycles. The van der Waals surface area contributed by atoms with Crippen molar-refractivity contribution >= 4 is 33.9 Å². The first-order chi connectivity index (χ1) is 11.5. The van der Waals surface area contributed by atoms with Gasteiger partial charge < -0.3 is 14.6 Å². The van der Waals surface area contributed by atoms with Crippen LogP contribution in [0.15, 0.2) is 43.0 Å². The molecule has 0 spiro atoms. The molecule has 0 amide bonds. The summed E-state index contributed by atoms with van der Waals surface area (Å²) in [4.78, 5) is 9.33. The van der Waals surface area contributed by atoms with Crippen LogP contribution in [-0.2, 0) is 13.5 Å². The largest absolute Gasteiger partial charge is 0.491 e. The second-order valence-electron chi connectivity index (χ2n) is 5.90. The maximum atomic E-state index is 5.83. The van der Waals surface area contributed by atoms with E-state index in [4.69, 9.17) is 17.0 Å². The number of aryl methyl sites for hydroxylation is 1. The van der Waals surface area contributed by atoms with Crippen molar-refractivity contribution in [3.63, 3.8) is 0 Å². The summed E-state index contributed by atoms with van der Waals surface area (Å²) in [7, 11) is 1.97. The molecule has 0 unspecified atom stereocenters. The highest BCUT2D eigenvalue weighted by Crippen LogP contribution is 2.23. The second-order valence-corrected chi connectivity index (χ2v) is 6.40. The van der Waals surface area contributed by atoms with Crippen LogP contribution in [0.2, 0.25) is 0 Å². The third-order valence-corrected chi connectivity index (χ3v) is 3.85. The Kier molecular flexibility index (Phi) is 4.76. The van der Waals surface area contributed by atoms with E-state index in [1.54, 1.807) is 18.7 Å². The van der Waals surface area contributed by atoms with Gasteiger partial charge in [0.1, 0.15) is 11.3 Å². The highest BCUT2D eigenvalue weighted by Gasteiger charge is 2.11. The highest BCUT2D eigenvalue weighted by molar-refractivity contribution is 7.80. The van der Waals surface area contributed by atoms with Gasteiger partial charge in [0.05, 0.1) is 28.6 Å². The molecular weight excluding hydrogens is 320 g/mol. The number of ether oxygens (including phenoxy) is 1. The third-order valence-electron chi connectivity index (χ3n) is 3.60. The number of pyridine rings is 1. The fourth-order valence-corrected chi connectivity index (χ4v) is 2.81. The van der Waals surface area contributed by atoms with Gasteiger partial charge in [0.15, 0.2) is 0 Å². The van der Waals surface area contributed by atoms with Crippen LogP contribution >= 0.6 is 12.2 Å². The van der Waals surface area contributed by atoms with Crippen LogP contribution in [0.3, 0.4) is 0 Å². The summed E-state index contributed by atoms with van der Waals surface area (Å²) in [5.74, 6) is 0.820. The minimum absolute atomic E-state index is 0.106. The zero-order chi connectivity index (χ0) is 17.1. The van der Waals surface area contributed by atoms with E-state index in [9.17, 15) is 0 Å². The standard InChI is InChI=1S/C18H20N4OS/c1-12(2)23-16-7-8-19-10-13(16)9-17(24)21-14-5-4-6-15-18(14)20-11-22(15)3/h4-8,10-12H,9H2,1-3H3,(H,21,24). The van der Waals surface area contributed by atoms with Crippen LogP contribution in [0.25, 0.3) is 11.0 Å². The molecule has 3 aromatic rings. The number of rotatable bonds is 5. The van der Waals surface area contributed by atoms with Crippen LogP contribution in [0, 0.1) is 0 Å². The van der Waals surface area contributed by atoms with E-state index in [1.807, 2.05) is 49.7 Å². The van der Waals surface area contributed by atoms with Crippen molar-refractivity contribution in [1.29, 1.82) is 0 Å². The molecule has 0 aliphatic carbocycles. The van der Waals surface area contributed by atoms with Gasteiger partial charge >= 0.3 is 0 Å². The lowest BCUT2D eigenvalue weighted by molar-refractivity contribution is 0.240. The fraction of sp³-hybridized carbons (Fsp3) is 0.278. The first-order valence-electron chi connectivity index (χ1n) is 7.84. The number of imidazole rings is 1. The topological polar surface area (TPSA) is 52.0 Å². The van der Waals surface area contributed by atoms with Crippen LogP contribution in [-0.4, -0.2) is 25.6 Å². The summed E-state index contributed by atoms with van der Waals surface area (Å²) in [6.07, 6.45) is 6.00. The van der Waals surface area contributed by atoms with Crippen molar-refractivity contribution < 1.29 is 4.74 Å². The Bertz CT molecular complexity index is 872. The van der Waals surface area contributed by atoms with E-state index in [0.29, 0.717) is 11.4 Å². The van der Waals surface area contributed by atoms with Crippen molar-refractivity contribution in [3.8, 4) is 5.75 Å². The van der Waals surface area contributed by atoms with Crippen LogP contribution in [0.4, 0.5) is 5.69 Å². The predicted octanol–water partition coefficient (Wildman–Crippen LogP) is 3.74. The van der Waals surface area contributed by atoms with Crippen LogP contribution in [0.1, 0.15) is 19.4 Å². The molecule has 2 heterocycles. The number of nitrogens with zero attached hydrogens (tertiary/aromatic N) is 3. The molecule has 124 valence electrons. The van der Waals surface area contributed by atoms with Gasteiger partial charge in [-0.25, -0.2) is 4.98 Å². The highest BCUT2D eigenvalue weighted by atomic mass is 32.1. The summed E-state index contributed by atoms with van der Waals surface area (Å²) in [5.41, 5.74) is 3.85. The van der Waals surface area contributed by atoms with Gasteiger partial charge in [0.25, 0.3) is 0 Å². The minimum atomic E-state index is 0.106. The molecular formula is C18H20N4OS. The number of hydrogen-bond donors (Lipinski definition) is 1. The van der Waals surface area contributed by atoms with Crippen molar-refractivity contribution in [1.82, 2.24) is 14.5 Å². The molecule has 6 heteroatoms. The van der Waals surface area contributed by atoms with Crippen LogP contribution in [0.5, 0.6) is 5.75 Å². The third kappa shape index (κ3) is 3.54. The summed E-state index contributed by atoms with van der Waals surface area (Å²) >= 11 is 5.53. The molecule has 0 aliphatic heterocycles. The number of nitrogens with one attached hydrogen (secondary N) is 1. The van der Waals surface area contributed by atoms with Crippen molar-refractivity contribution in [2.75, 3.05) is 5.32 Å². The molecule has 0 aliphatic rings. The summed E-state index contributed by atoms with van der Waals surface area (Å²) in [6, 6.07) is 7.88. The number of benzene rings is 1. The quantitative estimate of drug-likeness (QED) is 0.717. The molecule has 2 aromatic heterocycles. The molecule has 0 fully saturated rings. The van der Waals surface area contributed by atoms with E-state index in [0.717, 1.165) is 28.0 Å². The van der Waals surface area contributed by atoms with E-state index >= 15 is 0 Å². The smallest absolute Gasteiger partial charge is 0.126 e. The van der Waals surface area contributed by atoms with Gasteiger partial charge in [-0.3, -0.25) is 4.98 Å². The Labute approximate surface area is 146 Å². The predicted molar refractivity (Wildman–Crippen MR) is 101 cm³/mol. The van der Waals surface area contributed by atoms with E-state index in [1.165, 1.54) is 0 Å². The Morgan fingerprint density at radius 1 is 1.33 bits per heavy atom. The van der Waals surface area contributed by atoms with Gasteiger partial charge in [-0.1, -0.05) is 18.3 Å². The fourth-order valence-electron chi connectivity index (χ4n) is 2.54. The summed E-state index contributed by atoms with van der Waals surface area (Å²) in [5, 5.41) is 3.30.